The van der Waals surface area contributed by atoms with Crippen molar-refractivity contribution in [2.75, 3.05) is 13.1 Å². The van der Waals surface area contributed by atoms with Crippen LogP contribution in [0.1, 0.15) is 49.0 Å². The maximum Gasteiger partial charge on any atom is 0.314 e. The highest BCUT2D eigenvalue weighted by Crippen LogP contribution is 2.37. The van der Waals surface area contributed by atoms with E-state index < -0.39 is 17.5 Å². The number of hydrogen-bond acceptors (Lipinski definition) is 4. The number of piperidine rings is 1. The molecule has 0 unspecified atom stereocenters. The molecule has 1 aromatic heterocycles. The zero-order valence-corrected chi connectivity index (χ0v) is 17.0. The Morgan fingerprint density at radius 1 is 1.28 bits per heavy atom. The Kier molecular flexibility index (Phi) is 6.37. The van der Waals surface area contributed by atoms with Gasteiger partial charge in [-0.15, -0.1) is 0 Å². The van der Waals surface area contributed by atoms with Gasteiger partial charge < -0.3 is 15.1 Å². The van der Waals surface area contributed by atoms with E-state index in [1.54, 1.807) is 15.8 Å². The van der Waals surface area contributed by atoms with E-state index in [1.165, 1.54) is 6.20 Å². The van der Waals surface area contributed by atoms with Crippen LogP contribution in [-0.4, -0.2) is 56.0 Å². The molecule has 156 valence electrons. The number of amides is 1. The largest absolute Gasteiger partial charge is 0.481 e. The SMILES string of the molecule is CC(C)CC[C@@]1(C(=O)O)CN(C(=O)c2cnn(Cc3ccccc3)c2)CC[C@H]1O. The quantitative estimate of drug-likeness (QED) is 0.746. The van der Waals surface area contributed by atoms with Crippen LogP contribution in [0.25, 0.3) is 0 Å². The van der Waals surface area contributed by atoms with E-state index in [4.69, 9.17) is 0 Å². The van der Waals surface area contributed by atoms with Crippen molar-refractivity contribution in [1.82, 2.24) is 14.7 Å². The highest BCUT2D eigenvalue weighted by Gasteiger charge is 2.49. The average molecular weight is 399 g/mol. The summed E-state index contributed by atoms with van der Waals surface area (Å²) in [5, 5.41) is 24.7. The summed E-state index contributed by atoms with van der Waals surface area (Å²) in [6.07, 6.45) is 3.54. The maximum absolute atomic E-state index is 13.0. The second-order valence-electron chi connectivity index (χ2n) is 8.34. The standard InChI is InChI=1S/C22H29N3O4/c1-16(2)8-10-22(21(28)29)15-24(11-9-19(22)26)20(27)18-12-23-25(14-18)13-17-6-4-3-5-7-17/h3-7,12,14,16,19,26H,8-11,13,15H2,1-2H3,(H,28,29)/t19-,22-/m1/s1. The molecule has 7 nitrogen and oxygen atoms in total. The summed E-state index contributed by atoms with van der Waals surface area (Å²) in [6, 6.07) is 9.83. The fourth-order valence-corrected chi connectivity index (χ4v) is 3.88. The van der Waals surface area contributed by atoms with E-state index in [1.807, 2.05) is 44.2 Å². The number of likely N-dealkylation sites (tertiary alicyclic amines) is 1. The van der Waals surface area contributed by atoms with E-state index in [0.29, 0.717) is 37.4 Å². The van der Waals surface area contributed by atoms with Crippen LogP contribution in [0.4, 0.5) is 0 Å². The highest BCUT2D eigenvalue weighted by atomic mass is 16.4. The summed E-state index contributed by atoms with van der Waals surface area (Å²) in [4.78, 5) is 26.7. The predicted molar refractivity (Wildman–Crippen MR) is 108 cm³/mol. The van der Waals surface area contributed by atoms with Crippen LogP contribution in [0.2, 0.25) is 0 Å². The lowest BCUT2D eigenvalue weighted by atomic mass is 9.72. The van der Waals surface area contributed by atoms with Gasteiger partial charge >= 0.3 is 5.97 Å². The Morgan fingerprint density at radius 2 is 2.00 bits per heavy atom. The molecule has 7 heteroatoms. The van der Waals surface area contributed by atoms with Gasteiger partial charge in [0.25, 0.3) is 5.91 Å². The molecule has 1 amide bonds. The Bertz CT molecular complexity index is 849. The predicted octanol–water partition coefficient (Wildman–Crippen LogP) is 2.65. The number of nitrogens with zero attached hydrogens (tertiary/aromatic N) is 3. The molecule has 0 radical (unpaired) electrons. The number of rotatable bonds is 7. The van der Waals surface area contributed by atoms with Gasteiger partial charge in [-0.3, -0.25) is 14.3 Å². The van der Waals surface area contributed by atoms with Crippen LogP contribution < -0.4 is 0 Å². The van der Waals surface area contributed by atoms with Crippen molar-refractivity contribution < 1.29 is 19.8 Å². The normalized spacial score (nSPS) is 22.1. The summed E-state index contributed by atoms with van der Waals surface area (Å²) >= 11 is 0. The molecule has 0 saturated carbocycles. The molecule has 2 atom stereocenters. The first kappa shape index (κ1) is 21.0. The summed E-state index contributed by atoms with van der Waals surface area (Å²) < 4.78 is 1.70. The lowest BCUT2D eigenvalue weighted by molar-refractivity contribution is -0.163. The van der Waals surface area contributed by atoms with Gasteiger partial charge in [0.1, 0.15) is 5.41 Å². The number of aliphatic carboxylic acids is 1. The van der Waals surface area contributed by atoms with Gasteiger partial charge in [-0.25, -0.2) is 0 Å². The van der Waals surface area contributed by atoms with Crippen molar-refractivity contribution in [1.29, 1.82) is 0 Å². The van der Waals surface area contributed by atoms with Crippen molar-refractivity contribution in [2.45, 2.75) is 45.8 Å². The molecule has 1 fully saturated rings. The van der Waals surface area contributed by atoms with Crippen LogP contribution >= 0.6 is 0 Å². The second kappa shape index (κ2) is 8.78. The lowest BCUT2D eigenvalue weighted by Crippen LogP contribution is -2.57. The van der Waals surface area contributed by atoms with Crippen molar-refractivity contribution in [3.63, 3.8) is 0 Å². The fraction of sp³-hybridized carbons (Fsp3) is 0.500. The van der Waals surface area contributed by atoms with E-state index in [9.17, 15) is 19.8 Å². The van der Waals surface area contributed by atoms with Crippen molar-refractivity contribution in [3.05, 3.63) is 53.9 Å². The molecule has 0 spiro atoms. The Labute approximate surface area is 171 Å². The van der Waals surface area contributed by atoms with Gasteiger partial charge in [0.15, 0.2) is 0 Å². The van der Waals surface area contributed by atoms with Gasteiger partial charge in [0.05, 0.1) is 24.4 Å². The van der Waals surface area contributed by atoms with Gasteiger partial charge in [-0.1, -0.05) is 44.2 Å². The molecule has 2 aromatic rings. The number of carboxylic acid groups (broad SMARTS) is 1. The molecular formula is C22H29N3O4. The first-order valence-corrected chi connectivity index (χ1v) is 10.1. The van der Waals surface area contributed by atoms with Crippen LogP contribution in [0.15, 0.2) is 42.7 Å². The van der Waals surface area contributed by atoms with Gasteiger partial charge in [-0.2, -0.15) is 5.10 Å². The molecule has 0 aliphatic carbocycles. The molecule has 1 aliphatic rings. The molecule has 0 bridgehead atoms. The lowest BCUT2D eigenvalue weighted by Gasteiger charge is -2.43. The van der Waals surface area contributed by atoms with E-state index in [2.05, 4.69) is 5.10 Å². The highest BCUT2D eigenvalue weighted by molar-refractivity contribution is 5.94. The van der Waals surface area contributed by atoms with E-state index in [0.717, 1.165) is 5.56 Å². The minimum Gasteiger partial charge on any atom is -0.481 e. The monoisotopic (exact) mass is 399 g/mol. The zero-order valence-electron chi connectivity index (χ0n) is 17.0. The minimum absolute atomic E-state index is 0.0128. The van der Waals surface area contributed by atoms with E-state index >= 15 is 0 Å². The zero-order chi connectivity index (χ0) is 21.0. The Morgan fingerprint density at radius 3 is 2.66 bits per heavy atom. The van der Waals surface area contributed by atoms with Crippen molar-refractivity contribution >= 4 is 11.9 Å². The third-order valence-corrected chi connectivity index (χ3v) is 5.73. The molecule has 29 heavy (non-hydrogen) atoms. The number of carbonyl (C=O) groups excluding carboxylic acids is 1. The number of carbonyl (C=O) groups is 2. The van der Waals surface area contributed by atoms with Crippen LogP contribution in [0, 0.1) is 11.3 Å². The van der Waals surface area contributed by atoms with Crippen molar-refractivity contribution in [2.24, 2.45) is 11.3 Å². The summed E-state index contributed by atoms with van der Waals surface area (Å²) in [7, 11) is 0. The average Bonchev–Trinajstić information content (AvgIpc) is 3.16. The van der Waals surface area contributed by atoms with Crippen molar-refractivity contribution in [3.8, 4) is 0 Å². The van der Waals surface area contributed by atoms with Gasteiger partial charge in [-0.05, 0) is 30.7 Å². The minimum atomic E-state index is -1.32. The molecule has 1 saturated heterocycles. The third-order valence-electron chi connectivity index (χ3n) is 5.73. The molecule has 2 N–H and O–H groups in total. The maximum atomic E-state index is 13.0. The Balaban J connectivity index is 1.74. The van der Waals surface area contributed by atoms with E-state index in [-0.39, 0.29) is 18.9 Å². The number of aromatic nitrogens is 2. The van der Waals surface area contributed by atoms with Gasteiger partial charge in [0.2, 0.25) is 0 Å². The summed E-state index contributed by atoms with van der Waals surface area (Å²) in [5.41, 5.74) is 0.188. The van der Waals surface area contributed by atoms with Crippen LogP contribution in [-0.2, 0) is 11.3 Å². The fourth-order valence-electron chi connectivity index (χ4n) is 3.88. The Hall–Kier alpha value is -2.67. The molecule has 2 heterocycles. The number of aliphatic hydroxyl groups excluding tert-OH is 1. The number of benzene rings is 1. The second-order valence-corrected chi connectivity index (χ2v) is 8.34. The molecule has 1 aromatic carbocycles. The first-order valence-electron chi connectivity index (χ1n) is 10.1. The molecule has 3 rings (SSSR count). The summed E-state index contributed by atoms with van der Waals surface area (Å²) in [6.45, 7) is 4.95. The van der Waals surface area contributed by atoms with Gasteiger partial charge in [0, 0.05) is 19.3 Å². The first-order chi connectivity index (χ1) is 13.8. The summed E-state index contributed by atoms with van der Waals surface area (Å²) in [5.74, 6) is -0.963. The smallest absolute Gasteiger partial charge is 0.314 e. The number of hydrogen-bond donors (Lipinski definition) is 2. The molecule has 1 aliphatic heterocycles. The number of carboxylic acids is 1. The van der Waals surface area contributed by atoms with Crippen LogP contribution in [0.3, 0.4) is 0 Å². The topological polar surface area (TPSA) is 95.7 Å². The third kappa shape index (κ3) is 4.67. The van der Waals surface area contributed by atoms with Crippen LogP contribution in [0.5, 0.6) is 0 Å². The number of aliphatic hydroxyl groups is 1. The molecular weight excluding hydrogens is 370 g/mol.